The van der Waals surface area contributed by atoms with E-state index >= 15 is 4.39 Å². The van der Waals surface area contributed by atoms with Gasteiger partial charge in [-0.15, -0.1) is 11.3 Å². The van der Waals surface area contributed by atoms with Gasteiger partial charge in [-0.2, -0.15) is 0 Å². The van der Waals surface area contributed by atoms with Crippen LogP contribution in [0.25, 0.3) is 21.5 Å². The van der Waals surface area contributed by atoms with Crippen LogP contribution in [0.15, 0.2) is 55.0 Å². The van der Waals surface area contributed by atoms with Gasteiger partial charge < -0.3 is 21.2 Å². The van der Waals surface area contributed by atoms with Crippen LogP contribution >= 0.6 is 23.3 Å². The normalized spacial score (nSPS) is 12.5. The number of carbonyl (C=O) groups excluding carboxylic acids is 1. The van der Waals surface area contributed by atoms with Gasteiger partial charge in [-0.05, 0) is 49.0 Å². The van der Waals surface area contributed by atoms with Crippen molar-refractivity contribution < 1.29 is 13.6 Å². The number of aromatic amines is 1. The molecule has 176 valence electrons. The number of thiophene rings is 1. The zero-order chi connectivity index (χ0) is 24.2. The van der Waals surface area contributed by atoms with Gasteiger partial charge in [-0.25, -0.2) is 13.8 Å². The molecule has 0 bridgehead atoms. The Morgan fingerprint density at radius 2 is 2.15 bits per heavy atom. The van der Waals surface area contributed by atoms with E-state index < -0.39 is 23.0 Å². The van der Waals surface area contributed by atoms with Crippen LogP contribution in [0.3, 0.4) is 0 Å². The molecule has 4 aromatic rings. The number of aromatic nitrogens is 2. The van der Waals surface area contributed by atoms with Crippen molar-refractivity contribution in [3.05, 3.63) is 82.6 Å². The van der Waals surface area contributed by atoms with E-state index in [-0.39, 0.29) is 17.3 Å². The number of rotatable bonds is 9. The smallest absolute Gasteiger partial charge is 0.201 e. The molecule has 0 aliphatic carbocycles. The Morgan fingerprint density at radius 3 is 2.91 bits per heavy atom. The molecule has 0 saturated heterocycles. The number of nitrogens with zero attached hydrogens (tertiary/aromatic N) is 1. The third-order valence-electron chi connectivity index (χ3n) is 5.14. The summed E-state index contributed by atoms with van der Waals surface area (Å²) in [6.45, 7) is 1.99. The molecule has 3 heterocycles. The lowest BCUT2D eigenvalue weighted by molar-refractivity contribution is 0.103. The van der Waals surface area contributed by atoms with Crippen LogP contribution < -0.4 is 16.2 Å². The molecule has 0 aliphatic rings. The highest BCUT2D eigenvalue weighted by Crippen LogP contribution is 2.34. The van der Waals surface area contributed by atoms with E-state index in [9.17, 15) is 9.18 Å². The van der Waals surface area contributed by atoms with Gasteiger partial charge in [-0.3, -0.25) is 4.79 Å². The number of halogens is 2. The summed E-state index contributed by atoms with van der Waals surface area (Å²) in [7, 11) is 0. The first kappa shape index (κ1) is 23.9. The number of anilines is 1. The van der Waals surface area contributed by atoms with Gasteiger partial charge in [0.1, 0.15) is 11.5 Å². The van der Waals surface area contributed by atoms with E-state index in [0.29, 0.717) is 11.0 Å². The summed E-state index contributed by atoms with van der Waals surface area (Å²) in [5.74, 6) is -1.85. The number of fused-ring (bicyclic) bond motifs is 1. The van der Waals surface area contributed by atoms with Gasteiger partial charge in [0.15, 0.2) is 5.82 Å². The summed E-state index contributed by atoms with van der Waals surface area (Å²) in [4.78, 5) is 22.4. The number of nitrogens with one attached hydrogen (secondary N) is 2. The van der Waals surface area contributed by atoms with Crippen molar-refractivity contribution in [3.8, 4) is 10.4 Å². The number of carbonyl (C=O) groups is 1. The first-order chi connectivity index (χ1) is 16.4. The third-order valence-corrected chi connectivity index (χ3v) is 7.35. The van der Waals surface area contributed by atoms with E-state index in [4.69, 9.17) is 11.5 Å². The van der Waals surface area contributed by atoms with Crippen LogP contribution in [0.5, 0.6) is 0 Å². The third kappa shape index (κ3) is 4.70. The second-order valence-corrected chi connectivity index (χ2v) is 9.52. The highest BCUT2D eigenvalue weighted by molar-refractivity contribution is 8.00. The van der Waals surface area contributed by atoms with Crippen molar-refractivity contribution in [1.29, 1.82) is 0 Å². The fourth-order valence-electron chi connectivity index (χ4n) is 3.43. The second-order valence-electron chi connectivity index (χ2n) is 7.50. The Bertz CT molecular complexity index is 1360. The fraction of sp³-hybridized carbons (Fsp3) is 0.167. The molecule has 0 saturated carbocycles. The predicted octanol–water partition coefficient (Wildman–Crippen LogP) is 5.74. The summed E-state index contributed by atoms with van der Waals surface area (Å²) >= 11 is 2.77. The quantitative estimate of drug-likeness (QED) is 0.133. The molecule has 3 aromatic heterocycles. The van der Waals surface area contributed by atoms with Crippen LogP contribution in [0.1, 0.15) is 40.2 Å². The fourth-order valence-corrected chi connectivity index (χ4v) is 5.02. The van der Waals surface area contributed by atoms with Gasteiger partial charge >= 0.3 is 0 Å². The molecule has 6 nitrogen and oxygen atoms in total. The first-order valence-electron chi connectivity index (χ1n) is 10.6. The maximum absolute atomic E-state index is 15.1. The molecule has 0 radical (unpaired) electrons. The van der Waals surface area contributed by atoms with Crippen LogP contribution in [0, 0.1) is 11.6 Å². The SMILES string of the molecule is CCCSNc1ccc(F)c(C(=O)c2c[nH]c3ncc(-c4ccc(C(N)/C=C\N)s4)cc23)c1F. The first-order valence-corrected chi connectivity index (χ1v) is 12.4. The van der Waals surface area contributed by atoms with Crippen LogP contribution in [-0.4, -0.2) is 21.5 Å². The molecule has 0 spiro atoms. The van der Waals surface area contributed by atoms with E-state index in [0.717, 1.165) is 33.6 Å². The van der Waals surface area contributed by atoms with Crippen molar-refractivity contribution in [2.24, 2.45) is 11.5 Å². The lowest BCUT2D eigenvalue weighted by atomic mass is 10.0. The van der Waals surface area contributed by atoms with Crippen LogP contribution in [0.2, 0.25) is 0 Å². The Hall–Kier alpha value is -3.21. The average molecular weight is 500 g/mol. The molecule has 0 aliphatic heterocycles. The molecule has 4 rings (SSSR count). The Morgan fingerprint density at radius 1 is 1.32 bits per heavy atom. The maximum atomic E-state index is 15.1. The number of H-pyrrole nitrogens is 1. The molecule has 34 heavy (non-hydrogen) atoms. The Kier molecular flexibility index (Phi) is 7.30. The zero-order valence-corrected chi connectivity index (χ0v) is 19.9. The number of ketones is 1. The lowest BCUT2D eigenvalue weighted by Gasteiger charge is -2.10. The van der Waals surface area contributed by atoms with E-state index in [1.165, 1.54) is 41.7 Å². The largest absolute Gasteiger partial charge is 0.405 e. The summed E-state index contributed by atoms with van der Waals surface area (Å²) in [5.41, 5.74) is 12.3. The Labute approximate surface area is 203 Å². The molecule has 1 atom stereocenters. The molecule has 10 heteroatoms. The summed E-state index contributed by atoms with van der Waals surface area (Å²) in [6, 6.07) is 7.64. The van der Waals surface area contributed by atoms with E-state index in [2.05, 4.69) is 14.7 Å². The minimum atomic E-state index is -0.920. The highest BCUT2D eigenvalue weighted by atomic mass is 32.2. The summed E-state index contributed by atoms with van der Waals surface area (Å²) in [6.07, 6.45) is 7.08. The maximum Gasteiger partial charge on any atom is 0.201 e. The standard InChI is InChI=1S/C24H23F2N5OS2/c1-2-9-33-31-18-4-3-16(25)21(22(18)26)23(32)15-12-30-24-14(15)10-13(11-29-24)19-5-6-20(34-19)17(28)7-8-27/h3-8,10-12,17,31H,2,9,27-28H2,1H3,(H,29,30)/b8-7-. The number of hydrogen-bond acceptors (Lipinski definition) is 7. The molecule has 1 aromatic carbocycles. The number of nitrogens with two attached hydrogens (primary N) is 2. The average Bonchev–Trinajstić information content (AvgIpc) is 3.48. The summed E-state index contributed by atoms with van der Waals surface area (Å²) in [5, 5.41) is 0.473. The van der Waals surface area contributed by atoms with E-state index in [1.807, 2.05) is 19.1 Å². The Balaban J connectivity index is 1.71. The number of benzene rings is 1. The van der Waals surface area contributed by atoms with Crippen molar-refractivity contribution >= 4 is 45.8 Å². The van der Waals surface area contributed by atoms with Crippen molar-refractivity contribution in [2.75, 3.05) is 10.5 Å². The number of hydrogen-bond donors (Lipinski definition) is 4. The van der Waals surface area contributed by atoms with Gasteiger partial charge in [0, 0.05) is 44.4 Å². The zero-order valence-electron chi connectivity index (χ0n) is 18.3. The predicted molar refractivity (Wildman–Crippen MR) is 136 cm³/mol. The van der Waals surface area contributed by atoms with Crippen molar-refractivity contribution in [3.63, 3.8) is 0 Å². The lowest BCUT2D eigenvalue weighted by Crippen LogP contribution is -2.09. The van der Waals surface area contributed by atoms with Gasteiger partial charge in [0.2, 0.25) is 5.78 Å². The minimum Gasteiger partial charge on any atom is -0.405 e. The van der Waals surface area contributed by atoms with Gasteiger partial charge in [0.05, 0.1) is 17.3 Å². The van der Waals surface area contributed by atoms with Crippen LogP contribution in [-0.2, 0) is 0 Å². The van der Waals surface area contributed by atoms with Gasteiger partial charge in [0.25, 0.3) is 0 Å². The van der Waals surface area contributed by atoms with E-state index in [1.54, 1.807) is 18.3 Å². The minimum absolute atomic E-state index is 0.0656. The highest BCUT2D eigenvalue weighted by Gasteiger charge is 2.25. The molecular formula is C24H23F2N5OS2. The topological polar surface area (TPSA) is 110 Å². The van der Waals surface area contributed by atoms with Crippen molar-refractivity contribution in [2.45, 2.75) is 19.4 Å². The van der Waals surface area contributed by atoms with Crippen molar-refractivity contribution in [1.82, 2.24) is 9.97 Å². The monoisotopic (exact) mass is 499 g/mol. The molecule has 1 unspecified atom stereocenters. The summed E-state index contributed by atoms with van der Waals surface area (Å²) < 4.78 is 32.6. The second kappa shape index (κ2) is 10.4. The van der Waals surface area contributed by atoms with Gasteiger partial charge in [-0.1, -0.05) is 18.9 Å². The molecule has 0 amide bonds. The number of pyridine rings is 1. The van der Waals surface area contributed by atoms with Crippen LogP contribution in [0.4, 0.5) is 14.5 Å². The molecule has 0 fully saturated rings. The molecular weight excluding hydrogens is 476 g/mol. The molecule has 6 N–H and O–H groups in total.